The molecule has 0 amide bonds. The molecule has 0 atom stereocenters. The summed E-state index contributed by atoms with van der Waals surface area (Å²) in [6.45, 7) is 5.75. The Labute approximate surface area is 171 Å². The molecule has 4 aromatic rings. The first-order valence-corrected chi connectivity index (χ1v) is 9.81. The number of nitrogens with zero attached hydrogens (tertiary/aromatic N) is 4. The molecule has 0 unspecified atom stereocenters. The van der Waals surface area contributed by atoms with Crippen molar-refractivity contribution in [3.63, 3.8) is 0 Å². The van der Waals surface area contributed by atoms with Crippen LogP contribution in [0.3, 0.4) is 0 Å². The third kappa shape index (κ3) is 3.50. The van der Waals surface area contributed by atoms with E-state index in [-0.39, 0.29) is 17.0 Å². The predicted molar refractivity (Wildman–Crippen MR) is 114 cm³/mol. The second-order valence-electron chi connectivity index (χ2n) is 6.67. The summed E-state index contributed by atoms with van der Waals surface area (Å²) in [6.07, 6.45) is 1.63. The lowest BCUT2D eigenvalue weighted by molar-refractivity contribution is 0.477. The van der Waals surface area contributed by atoms with Crippen LogP contribution >= 0.6 is 11.3 Å². The highest BCUT2D eigenvalue weighted by molar-refractivity contribution is 7.17. The molecule has 2 aromatic heterocycles. The molecular formula is C21H19N5O2S. The van der Waals surface area contributed by atoms with Gasteiger partial charge in [0.25, 0.3) is 0 Å². The maximum Gasteiger partial charge on any atom is 0.301 e. The Kier molecular flexibility index (Phi) is 4.85. The van der Waals surface area contributed by atoms with Crippen LogP contribution in [0.4, 0.5) is 11.4 Å². The molecule has 8 heteroatoms. The van der Waals surface area contributed by atoms with Gasteiger partial charge in [-0.3, -0.25) is 9.89 Å². The maximum atomic E-state index is 12.9. The molecule has 0 saturated heterocycles. The lowest BCUT2D eigenvalue weighted by Crippen LogP contribution is -2.13. The standard InChI is InChI=1S/C21H19N5O2S/c1-12-7-6-9-16(13(12)2)23-24-19-14(3)25-26(20(19)28)21-22-11-18(29-21)15-8-4-5-10-17(15)27/h4-11,25,27H,1-3H3. The summed E-state index contributed by atoms with van der Waals surface area (Å²) >= 11 is 1.30. The second-order valence-corrected chi connectivity index (χ2v) is 7.68. The molecule has 29 heavy (non-hydrogen) atoms. The van der Waals surface area contributed by atoms with Gasteiger partial charge >= 0.3 is 5.56 Å². The number of aromatic amines is 1. The number of para-hydroxylation sites is 1. The number of rotatable bonds is 4. The quantitative estimate of drug-likeness (QED) is 0.449. The molecule has 0 fully saturated rings. The van der Waals surface area contributed by atoms with Crippen LogP contribution in [0, 0.1) is 20.8 Å². The topological polar surface area (TPSA) is 95.6 Å². The fourth-order valence-corrected chi connectivity index (χ4v) is 3.82. The predicted octanol–water partition coefficient (Wildman–Crippen LogP) is 5.34. The molecule has 0 aliphatic heterocycles. The third-order valence-electron chi connectivity index (χ3n) is 4.73. The number of nitrogens with one attached hydrogen (secondary N) is 1. The van der Waals surface area contributed by atoms with E-state index in [2.05, 4.69) is 20.3 Å². The minimum atomic E-state index is -0.324. The zero-order valence-electron chi connectivity index (χ0n) is 16.2. The lowest BCUT2D eigenvalue weighted by atomic mass is 10.1. The molecule has 146 valence electrons. The highest BCUT2D eigenvalue weighted by Gasteiger charge is 2.16. The molecule has 0 saturated carbocycles. The minimum Gasteiger partial charge on any atom is -0.507 e. The first kappa shape index (κ1) is 18.8. The zero-order valence-corrected chi connectivity index (χ0v) is 17.0. The van der Waals surface area contributed by atoms with Crippen molar-refractivity contribution < 1.29 is 5.11 Å². The average molecular weight is 405 g/mol. The molecular weight excluding hydrogens is 386 g/mol. The van der Waals surface area contributed by atoms with Crippen LogP contribution < -0.4 is 5.56 Å². The number of phenolic OH excluding ortho intramolecular Hbond substituents is 1. The number of aryl methyl sites for hydroxylation is 2. The van der Waals surface area contributed by atoms with Crippen LogP contribution in [0.5, 0.6) is 5.75 Å². The van der Waals surface area contributed by atoms with Crippen LogP contribution in [-0.4, -0.2) is 19.9 Å². The van der Waals surface area contributed by atoms with Gasteiger partial charge in [0.2, 0.25) is 5.13 Å². The smallest absolute Gasteiger partial charge is 0.301 e. The molecule has 7 nitrogen and oxygen atoms in total. The van der Waals surface area contributed by atoms with Gasteiger partial charge in [0.1, 0.15) is 5.75 Å². The van der Waals surface area contributed by atoms with E-state index < -0.39 is 0 Å². The molecule has 2 N–H and O–H groups in total. The number of aromatic nitrogens is 3. The summed E-state index contributed by atoms with van der Waals surface area (Å²) in [5, 5.41) is 22.0. The van der Waals surface area contributed by atoms with Crippen molar-refractivity contribution in [1.82, 2.24) is 14.8 Å². The van der Waals surface area contributed by atoms with Crippen molar-refractivity contribution in [3.05, 3.63) is 75.8 Å². The summed E-state index contributed by atoms with van der Waals surface area (Å²) in [5.41, 5.74) is 4.06. The van der Waals surface area contributed by atoms with Crippen LogP contribution in [0.25, 0.3) is 15.6 Å². The van der Waals surface area contributed by atoms with Crippen molar-refractivity contribution in [2.45, 2.75) is 20.8 Å². The van der Waals surface area contributed by atoms with Gasteiger partial charge in [-0.15, -0.1) is 5.11 Å². The molecule has 2 heterocycles. The van der Waals surface area contributed by atoms with Crippen molar-refractivity contribution in [3.8, 4) is 21.3 Å². The molecule has 0 spiro atoms. The Morgan fingerprint density at radius 3 is 2.66 bits per heavy atom. The van der Waals surface area contributed by atoms with Gasteiger partial charge < -0.3 is 5.11 Å². The summed E-state index contributed by atoms with van der Waals surface area (Å²) in [4.78, 5) is 18.0. The van der Waals surface area contributed by atoms with Gasteiger partial charge in [-0.05, 0) is 50.1 Å². The van der Waals surface area contributed by atoms with Gasteiger partial charge in [-0.25, -0.2) is 4.98 Å². The van der Waals surface area contributed by atoms with E-state index in [0.29, 0.717) is 16.4 Å². The number of H-pyrrole nitrogens is 1. The van der Waals surface area contributed by atoms with Gasteiger partial charge in [-0.2, -0.15) is 9.80 Å². The first-order valence-electron chi connectivity index (χ1n) is 9.00. The number of phenols is 1. The number of hydrogen-bond acceptors (Lipinski definition) is 6. The van der Waals surface area contributed by atoms with E-state index >= 15 is 0 Å². The Balaban J connectivity index is 1.70. The van der Waals surface area contributed by atoms with E-state index in [1.165, 1.54) is 16.0 Å². The minimum absolute atomic E-state index is 0.167. The van der Waals surface area contributed by atoms with Gasteiger partial charge in [0.05, 0.1) is 16.3 Å². The number of thiazole rings is 1. The summed E-state index contributed by atoms with van der Waals surface area (Å²) in [6, 6.07) is 12.8. The van der Waals surface area contributed by atoms with E-state index in [1.54, 1.807) is 31.3 Å². The second kappa shape index (κ2) is 7.48. The Morgan fingerprint density at radius 1 is 1.07 bits per heavy atom. The van der Waals surface area contributed by atoms with E-state index in [4.69, 9.17) is 0 Å². The number of azo groups is 1. The highest BCUT2D eigenvalue weighted by atomic mass is 32.1. The summed E-state index contributed by atoms with van der Waals surface area (Å²) < 4.78 is 1.35. The maximum absolute atomic E-state index is 12.9. The van der Waals surface area contributed by atoms with Crippen LogP contribution in [0.2, 0.25) is 0 Å². The largest absolute Gasteiger partial charge is 0.507 e. The number of hydrogen-bond donors (Lipinski definition) is 2. The van der Waals surface area contributed by atoms with E-state index in [9.17, 15) is 9.90 Å². The third-order valence-corrected chi connectivity index (χ3v) is 5.74. The van der Waals surface area contributed by atoms with Crippen LogP contribution in [-0.2, 0) is 0 Å². The molecule has 0 radical (unpaired) electrons. The zero-order chi connectivity index (χ0) is 20.5. The highest BCUT2D eigenvalue weighted by Crippen LogP contribution is 2.34. The fraction of sp³-hybridized carbons (Fsp3) is 0.143. The lowest BCUT2D eigenvalue weighted by Gasteiger charge is -2.01. The molecule has 2 aromatic carbocycles. The Morgan fingerprint density at radius 2 is 1.86 bits per heavy atom. The molecule has 0 bridgehead atoms. The number of benzene rings is 2. The van der Waals surface area contributed by atoms with Crippen molar-refractivity contribution >= 4 is 22.7 Å². The van der Waals surface area contributed by atoms with E-state index in [0.717, 1.165) is 21.7 Å². The average Bonchev–Trinajstić information content (AvgIpc) is 3.29. The molecule has 0 aliphatic rings. The van der Waals surface area contributed by atoms with Crippen molar-refractivity contribution in [1.29, 1.82) is 0 Å². The Hall–Kier alpha value is -3.52. The van der Waals surface area contributed by atoms with Crippen molar-refractivity contribution in [2.24, 2.45) is 10.2 Å². The van der Waals surface area contributed by atoms with Gasteiger partial charge in [0, 0.05) is 11.8 Å². The molecule has 4 rings (SSSR count). The summed E-state index contributed by atoms with van der Waals surface area (Å²) in [7, 11) is 0. The van der Waals surface area contributed by atoms with Gasteiger partial charge in [-0.1, -0.05) is 35.6 Å². The van der Waals surface area contributed by atoms with Crippen LogP contribution in [0.15, 0.2) is 63.7 Å². The SMILES string of the molecule is Cc1cccc(N=Nc2c(C)[nH]n(-c3ncc(-c4ccccc4O)s3)c2=O)c1C. The van der Waals surface area contributed by atoms with E-state index in [1.807, 2.05) is 38.1 Å². The van der Waals surface area contributed by atoms with Crippen molar-refractivity contribution in [2.75, 3.05) is 0 Å². The Bertz CT molecular complexity index is 1280. The van der Waals surface area contributed by atoms with Gasteiger partial charge in [0.15, 0.2) is 5.69 Å². The fourth-order valence-electron chi connectivity index (χ4n) is 2.91. The monoisotopic (exact) mass is 405 g/mol. The van der Waals surface area contributed by atoms with Crippen LogP contribution in [0.1, 0.15) is 16.8 Å². The first-order chi connectivity index (χ1) is 14.0. The number of aromatic hydroxyl groups is 1. The normalized spacial score (nSPS) is 11.4. The molecule has 0 aliphatic carbocycles. The summed E-state index contributed by atoms with van der Waals surface area (Å²) in [5.74, 6) is 0.167.